The molecule has 0 bridgehead atoms. The number of halogens is 1. The van der Waals surface area contributed by atoms with Gasteiger partial charge in [-0.3, -0.25) is 5.10 Å². The van der Waals surface area contributed by atoms with Crippen molar-refractivity contribution in [3.63, 3.8) is 0 Å². The second-order valence-corrected chi connectivity index (χ2v) is 9.13. The zero-order chi connectivity index (χ0) is 23.4. The summed E-state index contributed by atoms with van der Waals surface area (Å²) in [5.74, 6) is 0.524. The number of hydrogen-bond acceptors (Lipinski definition) is 4. The van der Waals surface area contributed by atoms with Crippen LogP contribution in [0, 0.1) is 19.3 Å². The fourth-order valence-electron chi connectivity index (χ4n) is 5.21. The molecule has 1 aromatic heterocycles. The van der Waals surface area contributed by atoms with Crippen LogP contribution in [0.3, 0.4) is 0 Å². The quantitative estimate of drug-likeness (QED) is 0.413. The van der Waals surface area contributed by atoms with Crippen LogP contribution in [0.25, 0.3) is 38.1 Å². The number of anilines is 1. The van der Waals surface area contributed by atoms with Crippen LogP contribution in [0.2, 0.25) is 0 Å². The predicted molar refractivity (Wildman–Crippen MR) is 132 cm³/mol. The van der Waals surface area contributed by atoms with E-state index in [1.165, 1.54) is 6.07 Å². The third kappa shape index (κ3) is 3.22. The third-order valence-electron chi connectivity index (χ3n) is 6.95. The van der Waals surface area contributed by atoms with Crippen LogP contribution in [0.5, 0.6) is 5.75 Å². The molecule has 6 nitrogen and oxygen atoms in total. The summed E-state index contributed by atoms with van der Waals surface area (Å²) < 4.78 is 21.0. The Morgan fingerprint density at radius 1 is 1.18 bits per heavy atom. The van der Waals surface area contributed by atoms with E-state index >= 15 is 0 Å². The molecule has 170 valence electrons. The predicted octanol–water partition coefficient (Wildman–Crippen LogP) is 5.41. The summed E-state index contributed by atoms with van der Waals surface area (Å²) in [6.07, 6.45) is 0. The van der Waals surface area contributed by atoms with Gasteiger partial charge in [-0.15, -0.1) is 0 Å². The average Bonchev–Trinajstić information content (AvgIpc) is 3.25. The highest BCUT2D eigenvalue weighted by atomic mass is 19.1. The number of aromatic amines is 1. The Bertz CT molecular complexity index is 1450. The van der Waals surface area contributed by atoms with Crippen molar-refractivity contribution in [1.82, 2.24) is 15.1 Å². The molecule has 4 aromatic rings. The number of benzene rings is 3. The van der Waals surface area contributed by atoms with E-state index in [9.17, 15) is 4.39 Å². The number of H-pyrrole nitrogens is 1. The average molecular weight is 454 g/mol. The SMILES string of the molecule is [C-]#[N+]c1cc2[nH]nc(-c3ccc4c(c3)OCC3CN(C)CCN43)c2cc1-c1c(C)cccc1F. The molecule has 7 heteroatoms. The maximum Gasteiger partial charge on any atom is 0.197 e. The molecule has 0 amide bonds. The number of aryl methyl sites for hydroxylation is 1. The van der Waals surface area contributed by atoms with Crippen LogP contribution in [0.15, 0.2) is 48.5 Å². The molecule has 2 aliphatic rings. The van der Waals surface area contributed by atoms with Crippen molar-refractivity contribution in [2.24, 2.45) is 0 Å². The van der Waals surface area contributed by atoms with Gasteiger partial charge in [0.05, 0.1) is 29.5 Å². The molecule has 0 saturated carbocycles. The van der Waals surface area contributed by atoms with Gasteiger partial charge in [0.25, 0.3) is 0 Å². The number of likely N-dealkylation sites (N-methyl/N-ethyl adjacent to an activating group) is 1. The zero-order valence-electron chi connectivity index (χ0n) is 19.1. The molecular formula is C27H24FN5O. The summed E-state index contributed by atoms with van der Waals surface area (Å²) in [5, 5.41) is 8.46. The van der Waals surface area contributed by atoms with Crippen LogP contribution in [-0.2, 0) is 0 Å². The summed E-state index contributed by atoms with van der Waals surface area (Å²) in [4.78, 5) is 8.45. The maximum absolute atomic E-state index is 14.8. The molecule has 6 rings (SSSR count). The first kappa shape index (κ1) is 20.7. The standard InChI is InChI=1S/C27H24FN5O/c1-16-5-4-6-21(28)26(16)19-12-20-23(13-22(19)29-2)30-31-27(20)17-7-8-24-25(11-17)34-15-18-14-32(3)9-10-33(18)24/h4-8,11-13,18H,9-10,14-15H2,1,3H3,(H,30,31). The van der Waals surface area contributed by atoms with Crippen molar-refractivity contribution in [3.05, 3.63) is 71.3 Å². The van der Waals surface area contributed by atoms with Gasteiger partial charge in [-0.25, -0.2) is 9.24 Å². The summed E-state index contributed by atoms with van der Waals surface area (Å²) in [6, 6.07) is 15.2. The fourth-order valence-corrected chi connectivity index (χ4v) is 5.21. The summed E-state index contributed by atoms with van der Waals surface area (Å²) in [6.45, 7) is 13.2. The number of hydrogen-bond donors (Lipinski definition) is 1. The summed E-state index contributed by atoms with van der Waals surface area (Å²) in [7, 11) is 2.15. The van der Waals surface area contributed by atoms with E-state index in [-0.39, 0.29) is 5.82 Å². The molecule has 1 saturated heterocycles. The molecule has 1 atom stereocenters. The Morgan fingerprint density at radius 3 is 2.88 bits per heavy atom. The molecular weight excluding hydrogens is 429 g/mol. The Balaban J connectivity index is 1.46. The molecule has 34 heavy (non-hydrogen) atoms. The molecule has 0 radical (unpaired) electrons. The van der Waals surface area contributed by atoms with E-state index in [4.69, 9.17) is 11.3 Å². The van der Waals surface area contributed by atoms with E-state index in [1.54, 1.807) is 12.1 Å². The molecule has 3 heterocycles. The summed E-state index contributed by atoms with van der Waals surface area (Å²) >= 11 is 0. The summed E-state index contributed by atoms with van der Waals surface area (Å²) in [5.41, 5.74) is 5.76. The minimum atomic E-state index is -0.335. The molecule has 1 unspecified atom stereocenters. The van der Waals surface area contributed by atoms with Gasteiger partial charge < -0.3 is 14.5 Å². The molecule has 0 aliphatic carbocycles. The number of piperazine rings is 1. The van der Waals surface area contributed by atoms with Gasteiger partial charge in [0, 0.05) is 36.1 Å². The van der Waals surface area contributed by atoms with Crippen LogP contribution in [-0.4, -0.2) is 54.4 Å². The van der Waals surface area contributed by atoms with E-state index in [0.29, 0.717) is 29.5 Å². The molecule has 1 fully saturated rings. The number of nitrogens with one attached hydrogen (secondary N) is 1. The van der Waals surface area contributed by atoms with Gasteiger partial charge >= 0.3 is 0 Å². The van der Waals surface area contributed by atoms with Gasteiger partial charge in [-0.2, -0.15) is 5.10 Å². The van der Waals surface area contributed by atoms with Gasteiger partial charge in [0.2, 0.25) is 0 Å². The van der Waals surface area contributed by atoms with E-state index in [2.05, 4.69) is 44.0 Å². The Hall–Kier alpha value is -3.89. The van der Waals surface area contributed by atoms with Crippen LogP contribution in [0.4, 0.5) is 15.8 Å². The lowest BCUT2D eigenvalue weighted by atomic mass is 9.95. The first-order chi connectivity index (χ1) is 16.5. The van der Waals surface area contributed by atoms with Crippen LogP contribution >= 0.6 is 0 Å². The highest BCUT2D eigenvalue weighted by molar-refractivity contribution is 6.00. The first-order valence-corrected chi connectivity index (χ1v) is 11.4. The van der Waals surface area contributed by atoms with Crippen LogP contribution in [0.1, 0.15) is 5.56 Å². The van der Waals surface area contributed by atoms with E-state index < -0.39 is 0 Å². The molecule has 2 aliphatic heterocycles. The minimum absolute atomic E-state index is 0.335. The number of aromatic nitrogens is 2. The van der Waals surface area contributed by atoms with Crippen molar-refractivity contribution in [3.8, 4) is 28.1 Å². The lowest BCUT2D eigenvalue weighted by molar-refractivity contribution is 0.188. The van der Waals surface area contributed by atoms with Gasteiger partial charge in [-0.1, -0.05) is 24.3 Å². The number of rotatable bonds is 2. The van der Waals surface area contributed by atoms with Gasteiger partial charge in [0.15, 0.2) is 5.69 Å². The minimum Gasteiger partial charge on any atom is -0.489 e. The number of ether oxygens (including phenoxy) is 1. The smallest absolute Gasteiger partial charge is 0.197 e. The Kier molecular flexibility index (Phi) is 4.78. The highest BCUT2D eigenvalue weighted by Gasteiger charge is 2.32. The van der Waals surface area contributed by atoms with E-state index in [0.717, 1.165) is 58.8 Å². The third-order valence-corrected chi connectivity index (χ3v) is 6.95. The topological polar surface area (TPSA) is 48.8 Å². The lowest BCUT2D eigenvalue weighted by Gasteiger charge is -2.44. The second-order valence-electron chi connectivity index (χ2n) is 9.13. The van der Waals surface area contributed by atoms with Crippen molar-refractivity contribution in [2.75, 3.05) is 38.2 Å². The first-order valence-electron chi connectivity index (χ1n) is 11.4. The largest absolute Gasteiger partial charge is 0.489 e. The molecule has 3 aromatic carbocycles. The normalized spacial score (nSPS) is 17.7. The highest BCUT2D eigenvalue weighted by Crippen LogP contribution is 2.42. The number of fused-ring (bicyclic) bond motifs is 4. The molecule has 1 N–H and O–H groups in total. The molecule has 0 spiro atoms. The van der Waals surface area contributed by atoms with Crippen LogP contribution < -0.4 is 9.64 Å². The van der Waals surface area contributed by atoms with Gasteiger partial charge in [0.1, 0.15) is 18.2 Å². The van der Waals surface area contributed by atoms with E-state index in [1.807, 2.05) is 25.1 Å². The van der Waals surface area contributed by atoms with Crippen molar-refractivity contribution in [2.45, 2.75) is 13.0 Å². The van der Waals surface area contributed by atoms with Gasteiger partial charge in [-0.05, 0) is 49.4 Å². The Morgan fingerprint density at radius 2 is 2.06 bits per heavy atom. The number of nitrogens with zero attached hydrogens (tertiary/aromatic N) is 4. The Labute approximate surface area is 197 Å². The zero-order valence-corrected chi connectivity index (χ0v) is 19.1. The van der Waals surface area contributed by atoms with Crippen molar-refractivity contribution >= 4 is 22.3 Å². The monoisotopic (exact) mass is 453 g/mol. The van der Waals surface area contributed by atoms with Crippen molar-refractivity contribution < 1.29 is 9.13 Å². The lowest BCUT2D eigenvalue weighted by Crippen LogP contribution is -2.56. The fraction of sp³-hybridized carbons (Fsp3) is 0.259. The maximum atomic E-state index is 14.8. The second kappa shape index (κ2) is 7.86. The van der Waals surface area contributed by atoms with Crippen molar-refractivity contribution in [1.29, 1.82) is 0 Å².